The molecule has 0 fully saturated rings. The SMILES string of the molecule is CC(C)=CCC/C(C)=C/C(=O)C(O)/C=C(\C)CCC=C(C)C.CC(C)=CCC/C(C)=C/CO. The predicted molar refractivity (Wildman–Crippen MR) is 145 cm³/mol. The Morgan fingerprint density at radius 3 is 1.42 bits per heavy atom. The molecule has 1 atom stereocenters. The third-order valence-corrected chi connectivity index (χ3v) is 4.84. The van der Waals surface area contributed by atoms with Crippen molar-refractivity contribution in [3.8, 4) is 0 Å². The molecule has 0 saturated heterocycles. The van der Waals surface area contributed by atoms with Crippen LogP contribution >= 0.6 is 0 Å². The van der Waals surface area contributed by atoms with E-state index >= 15 is 0 Å². The first-order chi connectivity index (χ1) is 15.4. The van der Waals surface area contributed by atoms with E-state index in [9.17, 15) is 9.90 Å². The van der Waals surface area contributed by atoms with E-state index < -0.39 is 6.10 Å². The molecule has 0 rings (SSSR count). The molecule has 0 aliphatic heterocycles. The van der Waals surface area contributed by atoms with E-state index in [2.05, 4.69) is 66.7 Å². The lowest BCUT2D eigenvalue weighted by molar-refractivity contribution is -0.120. The van der Waals surface area contributed by atoms with Crippen molar-refractivity contribution in [2.45, 2.75) is 107 Å². The molecule has 0 saturated carbocycles. The summed E-state index contributed by atoms with van der Waals surface area (Å²) in [5, 5.41) is 18.5. The first-order valence-corrected chi connectivity index (χ1v) is 12.1. The minimum atomic E-state index is -1.02. The normalized spacial score (nSPS) is 12.9. The highest BCUT2D eigenvalue weighted by Gasteiger charge is 2.10. The van der Waals surface area contributed by atoms with Gasteiger partial charge in [0.25, 0.3) is 0 Å². The lowest BCUT2D eigenvalue weighted by atomic mass is 10.0. The maximum Gasteiger partial charge on any atom is 0.187 e. The van der Waals surface area contributed by atoms with E-state index in [1.807, 2.05) is 19.9 Å². The Morgan fingerprint density at radius 2 is 1.03 bits per heavy atom. The fourth-order valence-electron chi connectivity index (χ4n) is 2.86. The molecule has 0 aliphatic rings. The topological polar surface area (TPSA) is 57.5 Å². The third kappa shape index (κ3) is 24.5. The molecule has 33 heavy (non-hydrogen) atoms. The summed E-state index contributed by atoms with van der Waals surface area (Å²) in [6.45, 7) is 18.6. The van der Waals surface area contributed by atoms with Gasteiger partial charge in [0.05, 0.1) is 6.61 Å². The Kier molecular flexibility index (Phi) is 20.8. The van der Waals surface area contributed by atoms with Crippen LogP contribution in [-0.4, -0.2) is 28.7 Å². The van der Waals surface area contributed by atoms with Gasteiger partial charge < -0.3 is 10.2 Å². The van der Waals surface area contributed by atoms with Crippen molar-refractivity contribution in [3.63, 3.8) is 0 Å². The van der Waals surface area contributed by atoms with Crippen molar-refractivity contribution in [2.24, 2.45) is 0 Å². The quantitative estimate of drug-likeness (QED) is 0.217. The number of hydrogen-bond acceptors (Lipinski definition) is 3. The largest absolute Gasteiger partial charge is 0.392 e. The van der Waals surface area contributed by atoms with Crippen molar-refractivity contribution < 1.29 is 15.0 Å². The Bertz CT molecular complexity index is 731. The molecule has 0 aliphatic carbocycles. The first kappa shape index (κ1) is 33.2. The fourth-order valence-corrected chi connectivity index (χ4v) is 2.86. The molecule has 0 amide bonds. The molecule has 0 spiro atoms. The number of carbonyl (C=O) groups is 1. The first-order valence-electron chi connectivity index (χ1n) is 12.1. The van der Waals surface area contributed by atoms with Crippen LogP contribution in [0.1, 0.15) is 101 Å². The molecule has 0 heterocycles. The molecule has 0 aromatic carbocycles. The van der Waals surface area contributed by atoms with Crippen molar-refractivity contribution in [3.05, 3.63) is 69.9 Å². The van der Waals surface area contributed by atoms with Crippen LogP contribution in [0.3, 0.4) is 0 Å². The van der Waals surface area contributed by atoms with E-state index in [1.165, 1.54) is 22.3 Å². The number of allylic oxidation sites excluding steroid dienone is 9. The minimum absolute atomic E-state index is 0.167. The number of ketones is 1. The summed E-state index contributed by atoms with van der Waals surface area (Å²) in [7, 11) is 0. The summed E-state index contributed by atoms with van der Waals surface area (Å²) in [5.74, 6) is -0.226. The molecule has 188 valence electrons. The van der Waals surface area contributed by atoms with Crippen LogP contribution in [0.25, 0.3) is 0 Å². The van der Waals surface area contributed by atoms with Crippen LogP contribution in [-0.2, 0) is 4.79 Å². The fraction of sp³-hybridized carbons (Fsp3) is 0.567. The van der Waals surface area contributed by atoms with Crippen molar-refractivity contribution in [1.82, 2.24) is 0 Å². The van der Waals surface area contributed by atoms with Gasteiger partial charge in [0.1, 0.15) is 6.10 Å². The zero-order valence-corrected chi connectivity index (χ0v) is 22.8. The predicted octanol–water partition coefficient (Wildman–Crippen LogP) is 7.97. The summed E-state index contributed by atoms with van der Waals surface area (Å²) in [6.07, 6.45) is 16.4. The summed E-state index contributed by atoms with van der Waals surface area (Å²) < 4.78 is 0. The number of carbonyl (C=O) groups excluding carboxylic acids is 1. The molecule has 0 aromatic rings. The molecule has 0 radical (unpaired) electrons. The van der Waals surface area contributed by atoms with Crippen LogP contribution in [0.5, 0.6) is 0 Å². The third-order valence-electron chi connectivity index (χ3n) is 4.84. The molecule has 3 heteroatoms. The second-order valence-electron chi connectivity index (χ2n) is 9.54. The van der Waals surface area contributed by atoms with E-state index in [0.29, 0.717) is 0 Å². The molecule has 2 N–H and O–H groups in total. The molecule has 0 aromatic heterocycles. The minimum Gasteiger partial charge on any atom is -0.392 e. The van der Waals surface area contributed by atoms with Gasteiger partial charge in [0.15, 0.2) is 5.78 Å². The summed E-state index contributed by atoms with van der Waals surface area (Å²) in [4.78, 5) is 12.0. The molecule has 3 nitrogen and oxygen atoms in total. The summed E-state index contributed by atoms with van der Waals surface area (Å²) in [5.41, 5.74) is 7.27. The number of rotatable bonds is 13. The van der Waals surface area contributed by atoms with Gasteiger partial charge in [-0.25, -0.2) is 0 Å². The van der Waals surface area contributed by atoms with Crippen LogP contribution in [0, 0.1) is 0 Å². The Balaban J connectivity index is 0. The van der Waals surface area contributed by atoms with Gasteiger partial charge in [0, 0.05) is 0 Å². The van der Waals surface area contributed by atoms with Crippen LogP contribution in [0.15, 0.2) is 69.9 Å². The average molecular weight is 459 g/mol. The van der Waals surface area contributed by atoms with E-state index in [1.54, 1.807) is 12.2 Å². The summed E-state index contributed by atoms with van der Waals surface area (Å²) in [6, 6.07) is 0. The highest BCUT2D eigenvalue weighted by molar-refractivity contribution is 5.95. The van der Waals surface area contributed by atoms with Crippen molar-refractivity contribution in [2.75, 3.05) is 6.61 Å². The van der Waals surface area contributed by atoms with Gasteiger partial charge in [-0.05, 0) is 113 Å². The second kappa shape index (κ2) is 20.6. The molecule has 0 bridgehead atoms. The average Bonchev–Trinajstić information content (AvgIpc) is 2.67. The standard InChI is InChI=1S/C20H32O2.C10H18O/c1-15(2)9-7-11-17(5)13-19(21)20(22)14-18(6)12-8-10-16(3)4;1-9(2)5-4-6-10(3)7-8-11/h9-10,13-14,19,21H,7-8,11-12H2,1-6H3;5,7,11H,4,6,8H2,1-3H3/b17-13+,18-14+;10-7+. The lowest BCUT2D eigenvalue weighted by Crippen LogP contribution is -2.16. The van der Waals surface area contributed by atoms with Crippen LogP contribution in [0.4, 0.5) is 0 Å². The zero-order chi connectivity index (χ0) is 25.8. The molecular formula is C30H50O3. The van der Waals surface area contributed by atoms with Gasteiger partial charge in [-0.15, -0.1) is 0 Å². The highest BCUT2D eigenvalue weighted by atomic mass is 16.3. The van der Waals surface area contributed by atoms with E-state index in [-0.39, 0.29) is 12.4 Å². The van der Waals surface area contributed by atoms with Crippen molar-refractivity contribution in [1.29, 1.82) is 0 Å². The second-order valence-corrected chi connectivity index (χ2v) is 9.54. The van der Waals surface area contributed by atoms with Crippen molar-refractivity contribution >= 4 is 5.78 Å². The monoisotopic (exact) mass is 458 g/mol. The Labute approximate surface area is 204 Å². The Hall–Kier alpha value is -1.97. The maximum atomic E-state index is 12.0. The van der Waals surface area contributed by atoms with Gasteiger partial charge in [-0.1, -0.05) is 57.7 Å². The number of hydrogen-bond donors (Lipinski definition) is 2. The smallest absolute Gasteiger partial charge is 0.187 e. The number of aliphatic hydroxyl groups excluding tert-OH is 2. The highest BCUT2D eigenvalue weighted by Crippen LogP contribution is 2.11. The summed E-state index contributed by atoms with van der Waals surface area (Å²) >= 11 is 0. The van der Waals surface area contributed by atoms with Gasteiger partial charge in [0.2, 0.25) is 0 Å². The lowest BCUT2D eigenvalue weighted by Gasteiger charge is -2.06. The van der Waals surface area contributed by atoms with E-state index in [4.69, 9.17) is 5.11 Å². The number of aliphatic hydroxyl groups is 2. The Morgan fingerprint density at radius 1 is 0.636 bits per heavy atom. The van der Waals surface area contributed by atoms with Crippen LogP contribution in [0.2, 0.25) is 0 Å². The van der Waals surface area contributed by atoms with E-state index in [0.717, 1.165) is 49.7 Å². The zero-order valence-electron chi connectivity index (χ0n) is 22.8. The van der Waals surface area contributed by atoms with Gasteiger partial charge >= 0.3 is 0 Å². The molecule has 1 unspecified atom stereocenters. The van der Waals surface area contributed by atoms with Crippen LogP contribution < -0.4 is 0 Å². The maximum absolute atomic E-state index is 12.0. The molecular weight excluding hydrogens is 408 g/mol. The van der Waals surface area contributed by atoms with Gasteiger partial charge in [-0.2, -0.15) is 0 Å². The van der Waals surface area contributed by atoms with Gasteiger partial charge in [-0.3, -0.25) is 4.79 Å².